The van der Waals surface area contributed by atoms with Crippen LogP contribution in [0.5, 0.6) is 5.75 Å². The molecule has 1 atom stereocenters. The van der Waals surface area contributed by atoms with Crippen molar-refractivity contribution in [2.45, 2.75) is 39.2 Å². The lowest BCUT2D eigenvalue weighted by molar-refractivity contribution is -0.384. The van der Waals surface area contributed by atoms with E-state index in [1.807, 2.05) is 6.92 Å². The molecule has 6 nitrogen and oxygen atoms in total. The third-order valence-corrected chi connectivity index (χ3v) is 4.49. The Morgan fingerprint density at radius 3 is 2.33 bits per heavy atom. The zero-order chi connectivity index (χ0) is 20.2. The Hall–Kier alpha value is -2.67. The lowest BCUT2D eigenvalue weighted by Crippen LogP contribution is -2.31. The van der Waals surface area contributed by atoms with E-state index in [1.165, 1.54) is 24.8 Å². The molecule has 0 amide bonds. The van der Waals surface area contributed by atoms with Crippen molar-refractivity contribution in [2.75, 3.05) is 12.4 Å². The third kappa shape index (κ3) is 5.40. The van der Waals surface area contributed by atoms with Crippen LogP contribution in [0.25, 0.3) is 0 Å². The molecule has 27 heavy (non-hydrogen) atoms. The van der Waals surface area contributed by atoms with E-state index in [9.17, 15) is 10.1 Å². The molecule has 2 N–H and O–H groups in total. The highest BCUT2D eigenvalue weighted by Gasteiger charge is 2.15. The van der Waals surface area contributed by atoms with Crippen molar-refractivity contribution in [3.05, 3.63) is 63.7 Å². The van der Waals surface area contributed by atoms with Gasteiger partial charge in [0.1, 0.15) is 5.75 Å². The van der Waals surface area contributed by atoms with Gasteiger partial charge in [0, 0.05) is 6.07 Å². The van der Waals surface area contributed by atoms with Gasteiger partial charge in [-0.1, -0.05) is 45.0 Å². The van der Waals surface area contributed by atoms with Crippen LogP contribution in [0.3, 0.4) is 0 Å². The highest BCUT2D eigenvalue weighted by Crippen LogP contribution is 2.29. The van der Waals surface area contributed by atoms with E-state index in [0.29, 0.717) is 16.5 Å². The molecule has 0 saturated heterocycles. The standard InChI is InChI=1S/C20H25N3O3S/c1-13(14-6-8-15(9-7-14)20(2,3)4)21-19(27)22-17-11-10-16(23(24)25)12-18(17)26-5/h6-13H,1-5H3,(H2,21,22,27). The summed E-state index contributed by atoms with van der Waals surface area (Å²) >= 11 is 5.38. The molecule has 2 aromatic carbocycles. The van der Waals surface area contributed by atoms with Gasteiger partial charge in [0.15, 0.2) is 5.11 Å². The predicted octanol–water partition coefficient (Wildman–Crippen LogP) is 4.95. The largest absolute Gasteiger partial charge is 0.494 e. The molecular formula is C20H25N3O3S. The van der Waals surface area contributed by atoms with Gasteiger partial charge in [-0.3, -0.25) is 10.1 Å². The molecule has 2 aromatic rings. The minimum Gasteiger partial charge on any atom is -0.494 e. The van der Waals surface area contributed by atoms with Crippen LogP contribution < -0.4 is 15.4 Å². The number of thiocarbonyl (C=S) groups is 1. The number of nitro benzene ring substituents is 1. The third-order valence-electron chi connectivity index (χ3n) is 4.27. The summed E-state index contributed by atoms with van der Waals surface area (Å²) in [6.07, 6.45) is 0. The molecule has 1 unspecified atom stereocenters. The maximum absolute atomic E-state index is 10.9. The van der Waals surface area contributed by atoms with Crippen molar-refractivity contribution in [1.82, 2.24) is 5.32 Å². The molecule has 0 fully saturated rings. The van der Waals surface area contributed by atoms with E-state index in [1.54, 1.807) is 6.07 Å². The Labute approximate surface area is 165 Å². The first-order valence-electron chi connectivity index (χ1n) is 8.62. The van der Waals surface area contributed by atoms with Gasteiger partial charge in [-0.15, -0.1) is 0 Å². The van der Waals surface area contributed by atoms with Gasteiger partial charge in [-0.25, -0.2) is 0 Å². The summed E-state index contributed by atoms with van der Waals surface area (Å²) in [4.78, 5) is 10.4. The molecule has 0 radical (unpaired) electrons. The molecule has 144 valence electrons. The maximum Gasteiger partial charge on any atom is 0.273 e. The van der Waals surface area contributed by atoms with Crippen LogP contribution in [0.2, 0.25) is 0 Å². The number of anilines is 1. The molecule has 0 aliphatic carbocycles. The van der Waals surface area contributed by atoms with Gasteiger partial charge in [-0.2, -0.15) is 0 Å². The van der Waals surface area contributed by atoms with Gasteiger partial charge in [0.25, 0.3) is 5.69 Å². The van der Waals surface area contributed by atoms with Gasteiger partial charge in [0.2, 0.25) is 0 Å². The Bertz CT molecular complexity index is 829. The number of hydrogen-bond donors (Lipinski definition) is 2. The van der Waals surface area contributed by atoms with Crippen molar-refractivity contribution in [3.63, 3.8) is 0 Å². The van der Waals surface area contributed by atoms with Crippen LogP contribution in [0.4, 0.5) is 11.4 Å². The Morgan fingerprint density at radius 1 is 1.19 bits per heavy atom. The molecule has 0 saturated carbocycles. The first kappa shape index (κ1) is 20.6. The second-order valence-electron chi connectivity index (χ2n) is 7.33. The van der Waals surface area contributed by atoms with Crippen LogP contribution in [-0.2, 0) is 5.41 Å². The van der Waals surface area contributed by atoms with E-state index in [4.69, 9.17) is 17.0 Å². The number of hydrogen-bond acceptors (Lipinski definition) is 4. The quantitative estimate of drug-likeness (QED) is 0.429. The summed E-state index contributed by atoms with van der Waals surface area (Å²) in [5.41, 5.74) is 3.02. The van der Waals surface area contributed by atoms with E-state index in [0.717, 1.165) is 5.56 Å². The zero-order valence-corrected chi connectivity index (χ0v) is 17.0. The van der Waals surface area contributed by atoms with E-state index >= 15 is 0 Å². The van der Waals surface area contributed by atoms with Gasteiger partial charge in [-0.05, 0) is 41.7 Å². The van der Waals surface area contributed by atoms with Crippen LogP contribution >= 0.6 is 12.2 Å². The normalized spacial score (nSPS) is 12.2. The van der Waals surface area contributed by atoms with Crippen molar-refractivity contribution < 1.29 is 9.66 Å². The molecule has 0 aliphatic heterocycles. The number of rotatable bonds is 5. The summed E-state index contributed by atoms with van der Waals surface area (Å²) in [6.45, 7) is 8.56. The van der Waals surface area contributed by atoms with E-state index in [-0.39, 0.29) is 17.1 Å². The highest BCUT2D eigenvalue weighted by molar-refractivity contribution is 7.80. The first-order chi connectivity index (χ1) is 12.6. The predicted molar refractivity (Wildman–Crippen MR) is 113 cm³/mol. The number of ether oxygens (including phenoxy) is 1. The molecule has 2 rings (SSSR count). The monoisotopic (exact) mass is 387 g/mol. The fourth-order valence-corrected chi connectivity index (χ4v) is 2.89. The summed E-state index contributed by atoms with van der Waals surface area (Å²) in [5.74, 6) is 0.357. The smallest absolute Gasteiger partial charge is 0.273 e. The van der Waals surface area contributed by atoms with Crippen LogP contribution in [0, 0.1) is 10.1 Å². The molecule has 0 spiro atoms. The minimum absolute atomic E-state index is 0.00283. The molecule has 0 aliphatic rings. The Kier molecular flexibility index (Phi) is 6.38. The second-order valence-corrected chi connectivity index (χ2v) is 7.74. The van der Waals surface area contributed by atoms with Gasteiger partial charge in [0.05, 0.1) is 29.8 Å². The molecule has 0 bridgehead atoms. The number of nitrogens with one attached hydrogen (secondary N) is 2. The lowest BCUT2D eigenvalue weighted by atomic mass is 9.86. The summed E-state index contributed by atoms with van der Waals surface area (Å²) in [6, 6.07) is 12.8. The number of benzene rings is 2. The molecule has 7 heteroatoms. The Morgan fingerprint density at radius 2 is 1.81 bits per heavy atom. The average molecular weight is 388 g/mol. The van der Waals surface area contributed by atoms with Crippen LogP contribution in [-0.4, -0.2) is 17.1 Å². The molecule has 0 aromatic heterocycles. The lowest BCUT2D eigenvalue weighted by Gasteiger charge is -2.21. The SMILES string of the molecule is COc1cc([N+](=O)[O-])ccc1NC(=S)NC(C)c1ccc(C(C)(C)C)cc1. The van der Waals surface area contributed by atoms with Gasteiger partial charge < -0.3 is 15.4 Å². The molecular weight excluding hydrogens is 362 g/mol. The number of nitrogens with zero attached hydrogens (tertiary/aromatic N) is 1. The maximum atomic E-state index is 10.9. The second kappa shape index (κ2) is 8.35. The van der Waals surface area contributed by atoms with Crippen molar-refractivity contribution in [1.29, 1.82) is 0 Å². The number of methoxy groups -OCH3 is 1. The van der Waals surface area contributed by atoms with Crippen LogP contribution in [0.1, 0.15) is 44.9 Å². The van der Waals surface area contributed by atoms with E-state index in [2.05, 4.69) is 55.7 Å². The number of nitro groups is 1. The van der Waals surface area contributed by atoms with Gasteiger partial charge >= 0.3 is 0 Å². The summed E-state index contributed by atoms with van der Waals surface area (Å²) < 4.78 is 5.22. The zero-order valence-electron chi connectivity index (χ0n) is 16.2. The number of non-ortho nitro benzene ring substituents is 1. The van der Waals surface area contributed by atoms with Crippen molar-refractivity contribution >= 4 is 28.7 Å². The minimum atomic E-state index is -0.466. The Balaban J connectivity index is 2.06. The summed E-state index contributed by atoms with van der Waals surface area (Å²) in [7, 11) is 1.46. The van der Waals surface area contributed by atoms with Crippen molar-refractivity contribution in [2.24, 2.45) is 0 Å². The average Bonchev–Trinajstić information content (AvgIpc) is 2.61. The van der Waals surface area contributed by atoms with E-state index < -0.39 is 4.92 Å². The van der Waals surface area contributed by atoms with Crippen LogP contribution in [0.15, 0.2) is 42.5 Å². The summed E-state index contributed by atoms with van der Waals surface area (Å²) in [5, 5.41) is 17.6. The highest BCUT2D eigenvalue weighted by atomic mass is 32.1. The van der Waals surface area contributed by atoms with Crippen molar-refractivity contribution in [3.8, 4) is 5.75 Å². The fourth-order valence-electron chi connectivity index (χ4n) is 2.61. The fraction of sp³-hybridized carbons (Fsp3) is 0.350. The molecule has 0 heterocycles. The first-order valence-corrected chi connectivity index (χ1v) is 9.03. The topological polar surface area (TPSA) is 76.4 Å².